The number of benzene rings is 2. The van der Waals surface area contributed by atoms with Crippen LogP contribution < -0.4 is 4.74 Å². The third-order valence-corrected chi connectivity index (χ3v) is 4.66. The number of rotatable bonds is 3. The zero-order valence-corrected chi connectivity index (χ0v) is 14.1. The van der Waals surface area contributed by atoms with Crippen molar-refractivity contribution in [2.75, 3.05) is 7.11 Å². The van der Waals surface area contributed by atoms with Gasteiger partial charge < -0.3 is 4.74 Å². The summed E-state index contributed by atoms with van der Waals surface area (Å²) in [7, 11) is 1.58. The highest BCUT2D eigenvalue weighted by Gasteiger charge is 2.18. The van der Waals surface area contributed by atoms with Crippen LogP contribution in [-0.2, 0) is 0 Å². The Morgan fingerprint density at radius 3 is 2.40 bits per heavy atom. The third kappa shape index (κ3) is 3.04. The smallest absolute Gasteiger partial charge is 0.133 e. The van der Waals surface area contributed by atoms with Crippen molar-refractivity contribution >= 4 is 31.9 Å². The third-order valence-electron chi connectivity index (χ3n) is 3.02. The summed E-state index contributed by atoms with van der Waals surface area (Å²) in [6.45, 7) is 1.61. The summed E-state index contributed by atoms with van der Waals surface area (Å²) in [6.07, 6.45) is 0. The molecule has 0 radical (unpaired) electrons. The second-order valence-corrected chi connectivity index (χ2v) is 6.15. The Bertz CT molecular complexity index is 644. The largest absolute Gasteiger partial charge is 0.496 e. The van der Waals surface area contributed by atoms with Crippen LogP contribution >= 0.6 is 31.9 Å². The van der Waals surface area contributed by atoms with Gasteiger partial charge in [-0.05, 0) is 52.2 Å². The minimum Gasteiger partial charge on any atom is -0.496 e. The van der Waals surface area contributed by atoms with Crippen LogP contribution in [0, 0.1) is 18.6 Å². The van der Waals surface area contributed by atoms with Gasteiger partial charge in [0.15, 0.2) is 0 Å². The molecule has 0 saturated heterocycles. The lowest BCUT2D eigenvalue weighted by Gasteiger charge is -2.14. The lowest BCUT2D eigenvalue weighted by Crippen LogP contribution is -2.00. The molecule has 20 heavy (non-hydrogen) atoms. The Labute approximate surface area is 133 Å². The van der Waals surface area contributed by atoms with Gasteiger partial charge in [0.2, 0.25) is 0 Å². The van der Waals surface area contributed by atoms with E-state index in [2.05, 4.69) is 31.9 Å². The topological polar surface area (TPSA) is 9.23 Å². The average Bonchev–Trinajstić information content (AvgIpc) is 2.42. The molecule has 5 heteroatoms. The molecule has 2 aromatic carbocycles. The summed E-state index contributed by atoms with van der Waals surface area (Å²) in [6, 6.07) is 7.90. The van der Waals surface area contributed by atoms with Gasteiger partial charge in [0, 0.05) is 11.6 Å². The molecule has 1 nitrogen and oxygen atoms in total. The van der Waals surface area contributed by atoms with Crippen molar-refractivity contribution in [2.24, 2.45) is 0 Å². The molecule has 0 aliphatic carbocycles. The number of alkyl halides is 1. The number of halogens is 4. The van der Waals surface area contributed by atoms with Gasteiger partial charge in [-0.3, -0.25) is 0 Å². The van der Waals surface area contributed by atoms with Gasteiger partial charge >= 0.3 is 0 Å². The van der Waals surface area contributed by atoms with Crippen LogP contribution in [0.4, 0.5) is 8.78 Å². The standard InChI is InChI=1S/C15H12Br2F2O/c1-8-5-10(13(19)7-12(8)18)15(17)9-3-4-14(20-2)11(16)6-9/h3-7,15H,1-2H3. The molecule has 0 N–H and O–H groups in total. The maximum absolute atomic E-state index is 13.9. The van der Waals surface area contributed by atoms with Crippen molar-refractivity contribution in [1.29, 1.82) is 0 Å². The Kier molecular flexibility index (Phi) is 4.81. The van der Waals surface area contributed by atoms with E-state index in [1.54, 1.807) is 20.1 Å². The SMILES string of the molecule is COc1ccc(C(Br)c2cc(C)c(F)cc2F)cc1Br. The molecular weight excluding hydrogens is 394 g/mol. The van der Waals surface area contributed by atoms with E-state index in [1.807, 2.05) is 12.1 Å². The lowest BCUT2D eigenvalue weighted by molar-refractivity contribution is 0.412. The van der Waals surface area contributed by atoms with Crippen molar-refractivity contribution in [2.45, 2.75) is 11.8 Å². The monoisotopic (exact) mass is 404 g/mol. The Morgan fingerprint density at radius 1 is 1.10 bits per heavy atom. The van der Waals surface area contributed by atoms with Crippen molar-refractivity contribution in [1.82, 2.24) is 0 Å². The molecular formula is C15H12Br2F2O. The molecule has 0 saturated carbocycles. The molecule has 2 rings (SSSR count). The minimum atomic E-state index is -0.568. The van der Waals surface area contributed by atoms with Crippen LogP contribution in [0.25, 0.3) is 0 Å². The van der Waals surface area contributed by atoms with E-state index in [1.165, 1.54) is 6.07 Å². The molecule has 0 bridgehead atoms. The molecule has 0 heterocycles. The summed E-state index contributed by atoms with van der Waals surface area (Å²) in [4.78, 5) is -0.357. The van der Waals surface area contributed by atoms with Crippen LogP contribution in [0.5, 0.6) is 5.75 Å². The molecule has 0 aromatic heterocycles. The first kappa shape index (κ1) is 15.4. The van der Waals surface area contributed by atoms with Crippen LogP contribution in [0.1, 0.15) is 21.5 Å². The van der Waals surface area contributed by atoms with E-state index in [0.29, 0.717) is 16.9 Å². The normalized spacial score (nSPS) is 12.3. The molecule has 0 aliphatic rings. The maximum atomic E-state index is 13.9. The van der Waals surface area contributed by atoms with Gasteiger partial charge in [-0.15, -0.1) is 0 Å². The van der Waals surface area contributed by atoms with Crippen LogP contribution in [0.2, 0.25) is 0 Å². The van der Waals surface area contributed by atoms with Crippen LogP contribution in [0.3, 0.4) is 0 Å². The lowest BCUT2D eigenvalue weighted by atomic mass is 10.0. The molecule has 106 valence electrons. The molecule has 0 amide bonds. The predicted molar refractivity (Wildman–Crippen MR) is 82.6 cm³/mol. The highest BCUT2D eigenvalue weighted by Crippen LogP contribution is 2.37. The fourth-order valence-corrected chi connectivity index (χ4v) is 3.09. The van der Waals surface area contributed by atoms with Gasteiger partial charge in [0.25, 0.3) is 0 Å². The Balaban J connectivity index is 2.43. The van der Waals surface area contributed by atoms with Crippen molar-refractivity contribution < 1.29 is 13.5 Å². The Hall–Kier alpha value is -0.940. The van der Waals surface area contributed by atoms with E-state index in [4.69, 9.17) is 4.74 Å². The molecule has 2 aromatic rings. The highest BCUT2D eigenvalue weighted by molar-refractivity contribution is 9.10. The predicted octanol–water partition coefficient (Wildman–Crippen LogP) is 5.53. The Morgan fingerprint density at radius 2 is 1.80 bits per heavy atom. The van der Waals surface area contributed by atoms with Gasteiger partial charge in [-0.2, -0.15) is 0 Å². The van der Waals surface area contributed by atoms with Gasteiger partial charge in [0.1, 0.15) is 17.4 Å². The summed E-state index contributed by atoms with van der Waals surface area (Å²) in [5.74, 6) is -0.409. The average molecular weight is 406 g/mol. The van der Waals surface area contributed by atoms with E-state index in [-0.39, 0.29) is 4.83 Å². The van der Waals surface area contributed by atoms with Gasteiger partial charge in [-0.25, -0.2) is 8.78 Å². The van der Waals surface area contributed by atoms with E-state index < -0.39 is 11.6 Å². The second-order valence-electron chi connectivity index (χ2n) is 4.38. The van der Waals surface area contributed by atoms with Gasteiger partial charge in [-0.1, -0.05) is 22.0 Å². The van der Waals surface area contributed by atoms with E-state index in [9.17, 15) is 8.78 Å². The zero-order chi connectivity index (χ0) is 14.9. The summed E-state index contributed by atoms with van der Waals surface area (Å²) in [5, 5.41) is 0. The molecule has 0 fully saturated rings. The maximum Gasteiger partial charge on any atom is 0.133 e. The molecule has 0 aliphatic heterocycles. The van der Waals surface area contributed by atoms with Crippen LogP contribution in [-0.4, -0.2) is 7.11 Å². The van der Waals surface area contributed by atoms with Crippen molar-refractivity contribution in [3.63, 3.8) is 0 Å². The quantitative estimate of drug-likeness (QED) is 0.610. The number of aryl methyl sites for hydroxylation is 1. The number of hydrogen-bond donors (Lipinski definition) is 0. The fraction of sp³-hybridized carbons (Fsp3) is 0.200. The molecule has 0 spiro atoms. The number of ether oxygens (including phenoxy) is 1. The first-order valence-electron chi connectivity index (χ1n) is 5.87. The number of methoxy groups -OCH3 is 1. The van der Waals surface area contributed by atoms with Crippen molar-refractivity contribution in [3.05, 3.63) is 63.1 Å². The first-order chi connectivity index (χ1) is 9.43. The van der Waals surface area contributed by atoms with E-state index >= 15 is 0 Å². The summed E-state index contributed by atoms with van der Waals surface area (Å²) >= 11 is 6.85. The van der Waals surface area contributed by atoms with Crippen molar-refractivity contribution in [3.8, 4) is 5.75 Å². The van der Waals surface area contributed by atoms with E-state index in [0.717, 1.165) is 16.1 Å². The van der Waals surface area contributed by atoms with Crippen LogP contribution in [0.15, 0.2) is 34.8 Å². The highest BCUT2D eigenvalue weighted by atomic mass is 79.9. The number of hydrogen-bond acceptors (Lipinski definition) is 1. The van der Waals surface area contributed by atoms with Gasteiger partial charge in [0.05, 0.1) is 16.4 Å². The minimum absolute atomic E-state index is 0.357. The second kappa shape index (κ2) is 6.22. The first-order valence-corrected chi connectivity index (χ1v) is 7.58. The molecule has 1 unspecified atom stereocenters. The summed E-state index contributed by atoms with van der Waals surface area (Å²) < 4.78 is 33.2. The fourth-order valence-electron chi connectivity index (χ4n) is 1.89. The summed E-state index contributed by atoms with van der Waals surface area (Å²) in [5.41, 5.74) is 1.67. The molecule has 1 atom stereocenters. The zero-order valence-electron chi connectivity index (χ0n) is 10.9.